The van der Waals surface area contributed by atoms with Gasteiger partial charge in [-0.15, -0.1) is 10.2 Å². The van der Waals surface area contributed by atoms with Crippen LogP contribution in [0.25, 0.3) is 0 Å². The molecular formula is C35H31N9NaO8S2+. The molecule has 6 N–H and O–H groups in total. The van der Waals surface area contributed by atoms with E-state index in [4.69, 9.17) is 5.73 Å². The van der Waals surface area contributed by atoms with Gasteiger partial charge < -0.3 is 16.4 Å². The Kier molecular flexibility index (Phi) is 13.6. The van der Waals surface area contributed by atoms with Crippen molar-refractivity contribution in [3.63, 3.8) is 0 Å². The SMILES string of the molecule is CC(=O)Nc1cc(N=Nc2ccc(N=Nc3ccc(NC(=O)c4ccc(N)cc4)cc3C)cc2C)c(S(=O)(=O)O)cc1N=Nc1ccc(S(=O)(=O)O)cc1.[Na+]. The van der Waals surface area contributed by atoms with Crippen molar-refractivity contribution in [3.8, 4) is 0 Å². The van der Waals surface area contributed by atoms with E-state index in [9.17, 15) is 35.5 Å². The maximum Gasteiger partial charge on any atom is 1.00 e. The van der Waals surface area contributed by atoms with Crippen LogP contribution < -0.4 is 45.9 Å². The summed E-state index contributed by atoms with van der Waals surface area (Å²) in [6.07, 6.45) is 0. The van der Waals surface area contributed by atoms with Crippen LogP contribution in [0.15, 0.2) is 138 Å². The largest absolute Gasteiger partial charge is 1.00 e. The molecule has 0 fully saturated rings. The standard InChI is InChI=1S/C35H31N9O8S2.Na/c1-20-16-26(38-35(46)23-4-6-24(36)7-5-23)10-14-29(20)41-40-27-11-15-30(21(2)17-27)42-44-33-18-31(37-22(3)45)32(19-34(33)54(50,51)52)43-39-25-8-12-28(13-9-25)53(47,48)49;/h4-19H,36H2,1-3H3,(H,37,45)(H,38,46)(H,47,48,49)(H,50,51,52);/q;+1. The number of nitrogens with zero attached hydrogens (tertiary/aromatic N) is 6. The Morgan fingerprint density at radius 2 is 1.15 bits per heavy atom. The summed E-state index contributed by atoms with van der Waals surface area (Å²) < 4.78 is 66.6. The van der Waals surface area contributed by atoms with E-state index in [2.05, 4.69) is 41.3 Å². The van der Waals surface area contributed by atoms with E-state index in [1.54, 1.807) is 67.6 Å². The number of nitrogens with two attached hydrogens (primary N) is 1. The molecule has 0 saturated heterocycles. The maximum absolute atomic E-state index is 12.6. The molecule has 0 atom stereocenters. The maximum atomic E-state index is 12.6. The molecule has 0 aliphatic carbocycles. The number of hydrogen-bond acceptors (Lipinski definition) is 13. The normalized spacial score (nSPS) is 11.9. The first kappa shape index (κ1) is 42.2. The second-order valence-electron chi connectivity index (χ2n) is 11.6. The van der Waals surface area contributed by atoms with Gasteiger partial charge in [0, 0.05) is 23.9 Å². The van der Waals surface area contributed by atoms with Gasteiger partial charge in [0.1, 0.15) is 16.3 Å². The van der Waals surface area contributed by atoms with Crippen molar-refractivity contribution in [1.82, 2.24) is 0 Å². The molecule has 0 aliphatic heterocycles. The number of benzene rings is 5. The number of nitrogens with one attached hydrogen (secondary N) is 2. The molecule has 5 aromatic carbocycles. The molecule has 17 nitrogen and oxygen atoms in total. The predicted molar refractivity (Wildman–Crippen MR) is 201 cm³/mol. The van der Waals surface area contributed by atoms with Crippen molar-refractivity contribution in [2.24, 2.45) is 30.7 Å². The van der Waals surface area contributed by atoms with Crippen LogP contribution in [-0.4, -0.2) is 37.8 Å². The van der Waals surface area contributed by atoms with Crippen molar-refractivity contribution in [2.75, 3.05) is 16.4 Å². The predicted octanol–water partition coefficient (Wildman–Crippen LogP) is 5.84. The first-order valence-electron chi connectivity index (χ1n) is 15.6. The van der Waals surface area contributed by atoms with E-state index < -0.39 is 31.0 Å². The molecule has 276 valence electrons. The van der Waals surface area contributed by atoms with Gasteiger partial charge in [-0.1, -0.05) is 0 Å². The summed E-state index contributed by atoms with van der Waals surface area (Å²) in [5, 5.41) is 30.0. The molecule has 0 radical (unpaired) electrons. The second-order valence-corrected chi connectivity index (χ2v) is 14.4. The van der Waals surface area contributed by atoms with Crippen LogP contribution in [0.5, 0.6) is 0 Å². The summed E-state index contributed by atoms with van der Waals surface area (Å²) in [5.74, 6) is -0.830. The number of hydrogen-bond donors (Lipinski definition) is 5. The van der Waals surface area contributed by atoms with Gasteiger partial charge in [-0.05, 0) is 122 Å². The summed E-state index contributed by atoms with van der Waals surface area (Å²) in [6.45, 7) is 4.74. The fraction of sp³-hybridized carbons (Fsp3) is 0.0857. The molecule has 20 heteroatoms. The molecule has 5 aromatic rings. The quantitative estimate of drug-likeness (QED) is 0.0465. The minimum absolute atomic E-state index is 0. The molecule has 0 aliphatic rings. The number of rotatable bonds is 11. The minimum atomic E-state index is -4.90. The Bertz CT molecular complexity index is 2580. The summed E-state index contributed by atoms with van der Waals surface area (Å²) in [5.41, 5.74) is 9.57. The van der Waals surface area contributed by atoms with E-state index in [-0.39, 0.29) is 63.1 Å². The minimum Gasteiger partial charge on any atom is -0.399 e. The number of carbonyl (C=O) groups excluding carboxylic acids is 2. The van der Waals surface area contributed by atoms with Crippen LogP contribution in [0.4, 0.5) is 51.2 Å². The zero-order chi connectivity index (χ0) is 39.2. The zero-order valence-electron chi connectivity index (χ0n) is 29.7. The number of anilines is 3. The Labute approximate surface area is 337 Å². The van der Waals surface area contributed by atoms with Gasteiger partial charge in [0.2, 0.25) is 5.91 Å². The number of azo groups is 3. The third-order valence-corrected chi connectivity index (χ3v) is 9.17. The summed E-state index contributed by atoms with van der Waals surface area (Å²) in [4.78, 5) is 23.5. The van der Waals surface area contributed by atoms with Gasteiger partial charge in [0.25, 0.3) is 26.1 Å². The van der Waals surface area contributed by atoms with Crippen LogP contribution in [-0.2, 0) is 25.0 Å². The molecule has 0 unspecified atom stereocenters. The first-order valence-corrected chi connectivity index (χ1v) is 18.5. The van der Waals surface area contributed by atoms with Crippen molar-refractivity contribution < 1.29 is 65.1 Å². The molecule has 5 rings (SSSR count). The van der Waals surface area contributed by atoms with E-state index in [0.29, 0.717) is 39.6 Å². The van der Waals surface area contributed by atoms with E-state index in [0.717, 1.165) is 29.8 Å². The number of nitrogen functional groups attached to an aromatic ring is 1. The molecule has 0 saturated carbocycles. The third kappa shape index (κ3) is 11.5. The molecule has 0 spiro atoms. The Morgan fingerprint density at radius 3 is 1.73 bits per heavy atom. The van der Waals surface area contributed by atoms with Crippen molar-refractivity contribution in [1.29, 1.82) is 0 Å². The van der Waals surface area contributed by atoms with Gasteiger partial charge in [-0.3, -0.25) is 18.7 Å². The summed E-state index contributed by atoms with van der Waals surface area (Å²) in [6, 6.07) is 23.3. The molecule has 0 bridgehead atoms. The van der Waals surface area contributed by atoms with Crippen molar-refractivity contribution >= 4 is 83.2 Å². The second kappa shape index (κ2) is 17.7. The summed E-state index contributed by atoms with van der Waals surface area (Å²) in [7, 11) is -9.35. The van der Waals surface area contributed by atoms with Gasteiger partial charge >= 0.3 is 29.6 Å². The van der Waals surface area contributed by atoms with Crippen LogP contribution in [0.1, 0.15) is 28.4 Å². The van der Waals surface area contributed by atoms with Crippen LogP contribution >= 0.6 is 0 Å². The monoisotopic (exact) mass is 792 g/mol. The van der Waals surface area contributed by atoms with E-state index in [1.165, 1.54) is 19.1 Å². The van der Waals surface area contributed by atoms with Crippen LogP contribution in [0.2, 0.25) is 0 Å². The number of amides is 2. The molecular weight excluding hydrogens is 762 g/mol. The summed E-state index contributed by atoms with van der Waals surface area (Å²) >= 11 is 0. The fourth-order valence-corrected chi connectivity index (χ4v) is 5.83. The zero-order valence-corrected chi connectivity index (χ0v) is 33.3. The fourth-order valence-electron chi connectivity index (χ4n) is 4.73. The van der Waals surface area contributed by atoms with E-state index in [1.807, 2.05) is 6.92 Å². The average molecular weight is 793 g/mol. The third-order valence-electron chi connectivity index (χ3n) is 7.42. The van der Waals surface area contributed by atoms with Gasteiger partial charge in [0.05, 0.1) is 33.3 Å². The smallest absolute Gasteiger partial charge is 0.399 e. The van der Waals surface area contributed by atoms with Crippen LogP contribution in [0, 0.1) is 13.8 Å². The Morgan fingerprint density at radius 1 is 0.600 bits per heavy atom. The topological polar surface area (TPSA) is 267 Å². The van der Waals surface area contributed by atoms with Gasteiger partial charge in [-0.25, -0.2) is 0 Å². The van der Waals surface area contributed by atoms with Crippen LogP contribution in [0.3, 0.4) is 0 Å². The Hall–Kier alpha value is -5.54. The van der Waals surface area contributed by atoms with Gasteiger partial charge in [0.15, 0.2) is 0 Å². The first-order chi connectivity index (χ1) is 25.5. The van der Waals surface area contributed by atoms with E-state index >= 15 is 0 Å². The number of aryl methyl sites for hydroxylation is 2. The average Bonchev–Trinajstić information content (AvgIpc) is 3.09. The molecule has 55 heavy (non-hydrogen) atoms. The van der Waals surface area contributed by atoms with Crippen molar-refractivity contribution in [2.45, 2.75) is 30.6 Å². The van der Waals surface area contributed by atoms with Crippen molar-refractivity contribution in [3.05, 3.63) is 114 Å². The van der Waals surface area contributed by atoms with Gasteiger partial charge in [-0.2, -0.15) is 37.3 Å². The Balaban J connectivity index is 0.00000673. The molecule has 0 heterocycles. The molecule has 2 amide bonds. The number of carbonyl (C=O) groups is 2. The molecule has 0 aromatic heterocycles.